The lowest BCUT2D eigenvalue weighted by atomic mass is 10.5. The van der Waals surface area contributed by atoms with E-state index in [2.05, 4.69) is 5.92 Å². The number of hydrogen-bond acceptors (Lipinski definition) is 2. The van der Waals surface area contributed by atoms with Crippen LogP contribution < -0.4 is 0 Å². The summed E-state index contributed by atoms with van der Waals surface area (Å²) in [6, 6.07) is 0. The largest absolute Gasteiger partial charge is 0.481 e. The van der Waals surface area contributed by atoms with Gasteiger partial charge in [-0.15, -0.1) is 18.2 Å². The minimum absolute atomic E-state index is 0.00102. The van der Waals surface area contributed by atoms with Crippen LogP contribution >= 0.6 is 11.8 Å². The van der Waals surface area contributed by atoms with E-state index in [1.165, 1.54) is 11.8 Å². The van der Waals surface area contributed by atoms with Crippen molar-refractivity contribution in [1.82, 2.24) is 0 Å². The smallest absolute Gasteiger partial charge is 0.313 e. The Morgan fingerprint density at radius 3 is 2.89 bits per heavy atom. The van der Waals surface area contributed by atoms with E-state index in [0.29, 0.717) is 0 Å². The molecular weight excluding hydrogens is 136 g/mol. The molecule has 0 bridgehead atoms. The lowest BCUT2D eigenvalue weighted by Gasteiger charge is -1.97. The van der Waals surface area contributed by atoms with Gasteiger partial charge in [-0.1, -0.05) is 5.92 Å². The molecule has 9 heavy (non-hydrogen) atoms. The standard InChI is InChI=1S/C6H8O2S/c1-3-5(2)9-4-6(7)8/h1,5H,4H2,2H3,(H,7,8). The van der Waals surface area contributed by atoms with Crippen molar-refractivity contribution in [3.8, 4) is 12.3 Å². The van der Waals surface area contributed by atoms with E-state index in [4.69, 9.17) is 11.5 Å². The second-order valence-corrected chi connectivity index (χ2v) is 2.84. The molecule has 0 aliphatic rings. The maximum absolute atomic E-state index is 9.93. The number of carboxylic acid groups (broad SMARTS) is 1. The van der Waals surface area contributed by atoms with Gasteiger partial charge >= 0.3 is 5.97 Å². The van der Waals surface area contributed by atoms with Crippen molar-refractivity contribution in [1.29, 1.82) is 0 Å². The molecule has 2 nitrogen and oxygen atoms in total. The summed E-state index contributed by atoms with van der Waals surface area (Å²) in [4.78, 5) is 9.93. The minimum atomic E-state index is -0.817. The van der Waals surface area contributed by atoms with Gasteiger partial charge < -0.3 is 5.11 Å². The molecule has 0 rings (SSSR count). The van der Waals surface area contributed by atoms with Crippen LogP contribution in [0, 0.1) is 12.3 Å². The fourth-order valence-corrected chi connectivity index (χ4v) is 0.733. The first-order valence-electron chi connectivity index (χ1n) is 2.46. The number of terminal acetylenes is 1. The van der Waals surface area contributed by atoms with E-state index in [9.17, 15) is 4.79 Å². The summed E-state index contributed by atoms with van der Waals surface area (Å²) in [7, 11) is 0. The summed E-state index contributed by atoms with van der Waals surface area (Å²) in [5, 5.41) is 8.17. The molecule has 0 aliphatic carbocycles. The van der Waals surface area contributed by atoms with Crippen LogP contribution in [0.1, 0.15) is 6.92 Å². The van der Waals surface area contributed by atoms with E-state index in [1.54, 1.807) is 6.92 Å². The molecule has 50 valence electrons. The Hall–Kier alpha value is -0.620. The molecule has 0 aliphatic heterocycles. The summed E-state index contributed by atoms with van der Waals surface area (Å²) in [5.41, 5.74) is 0. The molecule has 0 aromatic rings. The number of thioether (sulfide) groups is 1. The fourth-order valence-electron chi connectivity index (χ4n) is 0.244. The summed E-state index contributed by atoms with van der Waals surface area (Å²) in [6.45, 7) is 1.80. The summed E-state index contributed by atoms with van der Waals surface area (Å²) >= 11 is 1.25. The zero-order valence-electron chi connectivity index (χ0n) is 5.13. The molecule has 0 aromatic heterocycles. The summed E-state index contributed by atoms with van der Waals surface area (Å²) < 4.78 is 0. The van der Waals surface area contributed by atoms with Gasteiger partial charge in [0.15, 0.2) is 0 Å². The number of carbonyl (C=O) groups is 1. The molecule has 0 radical (unpaired) electrons. The first-order valence-corrected chi connectivity index (χ1v) is 3.51. The average Bonchev–Trinajstić information content (AvgIpc) is 1.83. The van der Waals surface area contributed by atoms with Gasteiger partial charge in [0.2, 0.25) is 0 Å². The Balaban J connectivity index is 3.30. The number of aliphatic carboxylic acids is 1. The molecule has 1 atom stereocenters. The number of rotatable bonds is 3. The third-order valence-corrected chi connectivity index (χ3v) is 1.74. The van der Waals surface area contributed by atoms with Crippen molar-refractivity contribution < 1.29 is 9.90 Å². The predicted molar refractivity (Wildman–Crippen MR) is 38.4 cm³/mol. The molecule has 0 fully saturated rings. The molecule has 1 N–H and O–H groups in total. The van der Waals surface area contributed by atoms with Crippen molar-refractivity contribution in [3.63, 3.8) is 0 Å². The molecule has 0 saturated heterocycles. The van der Waals surface area contributed by atoms with Crippen molar-refractivity contribution in [2.24, 2.45) is 0 Å². The molecule has 3 heteroatoms. The van der Waals surface area contributed by atoms with Gasteiger partial charge in [0.25, 0.3) is 0 Å². The van der Waals surface area contributed by atoms with Gasteiger partial charge in [-0.05, 0) is 6.92 Å². The lowest BCUT2D eigenvalue weighted by Crippen LogP contribution is -2.02. The van der Waals surface area contributed by atoms with Gasteiger partial charge in [-0.3, -0.25) is 4.79 Å². The van der Waals surface area contributed by atoms with Gasteiger partial charge in [0.1, 0.15) is 0 Å². The molecule has 0 saturated carbocycles. The maximum Gasteiger partial charge on any atom is 0.313 e. The van der Waals surface area contributed by atoms with Gasteiger partial charge in [0.05, 0.1) is 11.0 Å². The quantitative estimate of drug-likeness (QED) is 0.596. The van der Waals surface area contributed by atoms with E-state index < -0.39 is 5.97 Å². The molecule has 1 unspecified atom stereocenters. The lowest BCUT2D eigenvalue weighted by molar-refractivity contribution is -0.133. The van der Waals surface area contributed by atoms with E-state index in [1.807, 2.05) is 0 Å². The van der Waals surface area contributed by atoms with Gasteiger partial charge in [-0.25, -0.2) is 0 Å². The van der Waals surface area contributed by atoms with Crippen LogP contribution in [0.2, 0.25) is 0 Å². The molecule has 0 spiro atoms. The van der Waals surface area contributed by atoms with Crippen LogP contribution in [0.25, 0.3) is 0 Å². The highest BCUT2D eigenvalue weighted by atomic mass is 32.2. The fraction of sp³-hybridized carbons (Fsp3) is 0.500. The Bertz CT molecular complexity index is 136. The second-order valence-electron chi connectivity index (χ2n) is 1.51. The zero-order chi connectivity index (χ0) is 7.28. The number of hydrogen-bond donors (Lipinski definition) is 1. The normalized spacial score (nSPS) is 12.0. The topological polar surface area (TPSA) is 37.3 Å². The highest BCUT2D eigenvalue weighted by molar-refractivity contribution is 8.00. The molecular formula is C6H8O2S. The van der Waals surface area contributed by atoms with Crippen molar-refractivity contribution in [2.45, 2.75) is 12.2 Å². The van der Waals surface area contributed by atoms with Crippen LogP contribution in [0.15, 0.2) is 0 Å². The highest BCUT2D eigenvalue weighted by Crippen LogP contribution is 2.07. The van der Waals surface area contributed by atoms with Gasteiger partial charge in [-0.2, -0.15) is 0 Å². The third kappa shape index (κ3) is 5.25. The first kappa shape index (κ1) is 8.38. The maximum atomic E-state index is 9.93. The van der Waals surface area contributed by atoms with Crippen LogP contribution in [-0.4, -0.2) is 22.1 Å². The molecule has 0 heterocycles. The monoisotopic (exact) mass is 144 g/mol. The van der Waals surface area contributed by atoms with E-state index >= 15 is 0 Å². The Morgan fingerprint density at radius 1 is 2.00 bits per heavy atom. The van der Waals surface area contributed by atoms with Crippen LogP contribution in [0.5, 0.6) is 0 Å². The molecule has 0 aromatic carbocycles. The van der Waals surface area contributed by atoms with E-state index in [-0.39, 0.29) is 11.0 Å². The van der Waals surface area contributed by atoms with E-state index in [0.717, 1.165) is 0 Å². The first-order chi connectivity index (χ1) is 4.16. The number of carboxylic acids is 1. The Kier molecular flexibility index (Phi) is 3.98. The SMILES string of the molecule is C#CC(C)SCC(=O)O. The predicted octanol–water partition coefficient (Wildman–Crippen LogP) is 0.826. The summed E-state index contributed by atoms with van der Waals surface area (Å²) in [6.07, 6.45) is 4.99. The van der Waals surface area contributed by atoms with Crippen LogP contribution in [0.3, 0.4) is 0 Å². The second kappa shape index (κ2) is 4.28. The van der Waals surface area contributed by atoms with Crippen molar-refractivity contribution in [2.75, 3.05) is 5.75 Å². The summed E-state index contributed by atoms with van der Waals surface area (Å²) in [5.74, 6) is 1.69. The average molecular weight is 144 g/mol. The Labute approximate surface area is 58.6 Å². The van der Waals surface area contributed by atoms with Crippen LogP contribution in [0.4, 0.5) is 0 Å². The Morgan fingerprint density at radius 2 is 2.56 bits per heavy atom. The zero-order valence-corrected chi connectivity index (χ0v) is 5.94. The minimum Gasteiger partial charge on any atom is -0.481 e. The van der Waals surface area contributed by atoms with Crippen molar-refractivity contribution in [3.05, 3.63) is 0 Å². The van der Waals surface area contributed by atoms with Crippen molar-refractivity contribution >= 4 is 17.7 Å². The molecule has 0 amide bonds. The van der Waals surface area contributed by atoms with Gasteiger partial charge in [0, 0.05) is 0 Å². The highest BCUT2D eigenvalue weighted by Gasteiger charge is 2.00. The van der Waals surface area contributed by atoms with Crippen LogP contribution in [-0.2, 0) is 4.79 Å². The third-order valence-electron chi connectivity index (χ3n) is 0.692.